The highest BCUT2D eigenvalue weighted by atomic mass is 35.5. The number of anilines is 1. The fraction of sp³-hybridized carbons (Fsp3) is 0.231. The summed E-state index contributed by atoms with van der Waals surface area (Å²) in [4.78, 5) is 33.6. The van der Waals surface area contributed by atoms with E-state index in [0.717, 1.165) is 18.7 Å². The lowest BCUT2D eigenvalue weighted by molar-refractivity contribution is 0.0663. The van der Waals surface area contributed by atoms with Gasteiger partial charge in [-0.3, -0.25) is 9.59 Å². The highest BCUT2D eigenvalue weighted by molar-refractivity contribution is 7.85. The number of nitrogens with zero attached hydrogens (tertiary/aromatic N) is 3. The van der Waals surface area contributed by atoms with Crippen LogP contribution in [0.5, 0.6) is 0 Å². The van der Waals surface area contributed by atoms with Gasteiger partial charge in [-0.1, -0.05) is 35.9 Å². The van der Waals surface area contributed by atoms with E-state index in [4.69, 9.17) is 11.6 Å². The van der Waals surface area contributed by atoms with Gasteiger partial charge in [-0.2, -0.15) is 0 Å². The van der Waals surface area contributed by atoms with Gasteiger partial charge in [0.05, 0.1) is 38.4 Å². The Kier molecular flexibility index (Phi) is 6.25. The zero-order valence-electron chi connectivity index (χ0n) is 18.7. The van der Waals surface area contributed by atoms with Gasteiger partial charge in [-0.25, -0.2) is 4.21 Å². The van der Waals surface area contributed by atoms with E-state index < -0.39 is 10.8 Å². The molecule has 5 rings (SSSR count). The van der Waals surface area contributed by atoms with Crippen molar-refractivity contribution in [2.75, 3.05) is 38.1 Å². The number of amides is 2. The summed E-state index contributed by atoms with van der Waals surface area (Å²) in [7, 11) is 0.476. The van der Waals surface area contributed by atoms with E-state index >= 15 is 0 Å². The summed E-state index contributed by atoms with van der Waals surface area (Å²) in [5.74, 6) is -0.342. The van der Waals surface area contributed by atoms with Crippen LogP contribution in [0.3, 0.4) is 0 Å². The first kappa shape index (κ1) is 22.8. The number of piperazine rings is 1. The van der Waals surface area contributed by atoms with Gasteiger partial charge in [-0.05, 0) is 55.1 Å². The molecule has 1 atom stereocenters. The van der Waals surface area contributed by atoms with Crippen LogP contribution in [0.4, 0.5) is 5.69 Å². The number of benzene rings is 3. The molecular weight excluding hydrogens is 470 g/mol. The Hall–Kier alpha value is -3.00. The maximum atomic E-state index is 13.7. The molecule has 0 aromatic heterocycles. The van der Waals surface area contributed by atoms with Gasteiger partial charge in [0, 0.05) is 36.8 Å². The van der Waals surface area contributed by atoms with E-state index in [1.165, 1.54) is 0 Å². The predicted molar refractivity (Wildman–Crippen MR) is 133 cm³/mol. The topological polar surface area (TPSA) is 60.9 Å². The molecule has 2 heterocycles. The quantitative estimate of drug-likeness (QED) is 0.552. The van der Waals surface area contributed by atoms with Crippen molar-refractivity contribution in [1.82, 2.24) is 9.80 Å². The predicted octanol–water partition coefficient (Wildman–Crippen LogP) is 4.05. The molecule has 0 aliphatic carbocycles. The summed E-state index contributed by atoms with van der Waals surface area (Å²) in [5.41, 5.74) is 2.20. The minimum Gasteiger partial charge on any atom is -0.336 e. The van der Waals surface area contributed by atoms with Crippen molar-refractivity contribution in [3.63, 3.8) is 0 Å². The molecule has 3 aromatic carbocycles. The van der Waals surface area contributed by atoms with Crippen molar-refractivity contribution >= 4 is 39.9 Å². The van der Waals surface area contributed by atoms with Crippen LogP contribution in [0.1, 0.15) is 26.3 Å². The summed E-state index contributed by atoms with van der Waals surface area (Å²) in [6.45, 7) is 3.17. The highest BCUT2D eigenvalue weighted by Crippen LogP contribution is 2.36. The summed E-state index contributed by atoms with van der Waals surface area (Å²) < 4.78 is 13.6. The molecule has 0 bridgehead atoms. The molecule has 8 heteroatoms. The highest BCUT2D eigenvalue weighted by Gasteiger charge is 2.32. The van der Waals surface area contributed by atoms with Crippen LogP contribution in [0, 0.1) is 0 Å². The van der Waals surface area contributed by atoms with Crippen LogP contribution >= 0.6 is 11.6 Å². The van der Waals surface area contributed by atoms with E-state index in [1.807, 2.05) is 30.1 Å². The van der Waals surface area contributed by atoms with Crippen LogP contribution in [-0.4, -0.2) is 59.0 Å². The molecule has 2 amide bonds. The fourth-order valence-electron chi connectivity index (χ4n) is 4.36. The Labute approximate surface area is 206 Å². The normalized spacial score (nSPS) is 18.3. The van der Waals surface area contributed by atoms with E-state index in [1.54, 1.807) is 53.4 Å². The third kappa shape index (κ3) is 4.27. The molecule has 1 saturated heterocycles. The Morgan fingerprint density at radius 1 is 0.941 bits per heavy atom. The van der Waals surface area contributed by atoms with Gasteiger partial charge in [0.1, 0.15) is 0 Å². The second-order valence-corrected chi connectivity index (χ2v) is 10.4. The van der Waals surface area contributed by atoms with Crippen LogP contribution in [0.15, 0.2) is 76.5 Å². The number of hydrogen-bond donors (Lipinski definition) is 0. The molecule has 0 saturated carbocycles. The summed E-state index contributed by atoms with van der Waals surface area (Å²) in [6, 6.07) is 19.4. The van der Waals surface area contributed by atoms with Crippen LogP contribution in [0.2, 0.25) is 5.02 Å². The second-order valence-electron chi connectivity index (χ2n) is 8.56. The van der Waals surface area contributed by atoms with Gasteiger partial charge < -0.3 is 14.7 Å². The summed E-state index contributed by atoms with van der Waals surface area (Å²) >= 11 is 6.19. The lowest BCUT2D eigenvalue weighted by atomic mass is 10.1. The van der Waals surface area contributed by atoms with Gasteiger partial charge >= 0.3 is 0 Å². The van der Waals surface area contributed by atoms with Crippen molar-refractivity contribution in [3.05, 3.63) is 88.4 Å². The molecule has 6 nitrogen and oxygen atoms in total. The molecule has 174 valence electrons. The van der Waals surface area contributed by atoms with E-state index in [-0.39, 0.29) is 18.4 Å². The number of hydrogen-bond acceptors (Lipinski definition) is 4. The lowest BCUT2D eigenvalue weighted by Gasteiger charge is -2.32. The molecule has 0 N–H and O–H groups in total. The molecule has 34 heavy (non-hydrogen) atoms. The first-order valence-corrected chi connectivity index (χ1v) is 12.6. The number of rotatable bonds is 3. The second kappa shape index (κ2) is 9.33. The van der Waals surface area contributed by atoms with Gasteiger partial charge in [0.15, 0.2) is 0 Å². The average molecular weight is 494 g/mol. The van der Waals surface area contributed by atoms with Crippen molar-refractivity contribution in [1.29, 1.82) is 0 Å². The minimum absolute atomic E-state index is 0.0846. The molecule has 3 aromatic rings. The van der Waals surface area contributed by atoms with E-state index in [2.05, 4.69) is 4.90 Å². The molecule has 0 spiro atoms. The third-order valence-corrected chi connectivity index (χ3v) is 8.01. The first-order valence-electron chi connectivity index (χ1n) is 11.1. The smallest absolute Gasteiger partial charge is 0.259 e. The van der Waals surface area contributed by atoms with Gasteiger partial charge in [0.25, 0.3) is 11.8 Å². The average Bonchev–Trinajstić information content (AvgIpc) is 2.93. The van der Waals surface area contributed by atoms with Crippen molar-refractivity contribution in [3.8, 4) is 0 Å². The molecular formula is C26H24ClN3O3S. The molecule has 0 radical (unpaired) electrons. The monoisotopic (exact) mass is 493 g/mol. The van der Waals surface area contributed by atoms with Crippen LogP contribution in [-0.2, 0) is 17.3 Å². The Morgan fingerprint density at radius 2 is 1.71 bits per heavy atom. The van der Waals surface area contributed by atoms with Crippen molar-refractivity contribution < 1.29 is 13.8 Å². The lowest BCUT2D eigenvalue weighted by Crippen LogP contribution is -2.47. The number of likely N-dealkylation sites (N-methyl/N-ethyl adjacent to an activating group) is 1. The maximum absolute atomic E-state index is 13.7. The molecule has 2 aliphatic heterocycles. The molecule has 1 fully saturated rings. The van der Waals surface area contributed by atoms with Gasteiger partial charge in [0.2, 0.25) is 0 Å². The number of carbonyl (C=O) groups excluding carboxylic acids is 2. The largest absolute Gasteiger partial charge is 0.336 e. The van der Waals surface area contributed by atoms with Gasteiger partial charge in [-0.15, -0.1) is 0 Å². The Morgan fingerprint density at radius 3 is 2.47 bits per heavy atom. The zero-order valence-corrected chi connectivity index (χ0v) is 20.3. The first-order chi connectivity index (χ1) is 16.4. The Bertz CT molecular complexity index is 1300. The standard InChI is InChI=1S/C26H24ClN3O3S/c1-28-11-13-29(14-12-28)25(31)19-9-10-24-22(16-19)30(17-18-5-4-6-20(27)15-18)26(32)21-7-2-3-8-23(21)34(24)33/h2-10,15-16H,11-14,17H2,1H3/t34-/m0/s1. The van der Waals surface area contributed by atoms with E-state index in [0.29, 0.717) is 44.7 Å². The number of fused-ring (bicyclic) bond motifs is 2. The van der Waals surface area contributed by atoms with Crippen molar-refractivity contribution in [2.24, 2.45) is 0 Å². The summed E-state index contributed by atoms with van der Waals surface area (Å²) in [6.07, 6.45) is 0. The maximum Gasteiger partial charge on any atom is 0.259 e. The SMILES string of the molecule is CN1CCN(C(=O)c2ccc3c(c2)N(Cc2cccc(Cl)c2)C(=O)c2ccccc2[S@@]3=O)CC1. The van der Waals surface area contributed by atoms with Crippen LogP contribution < -0.4 is 4.90 Å². The number of carbonyl (C=O) groups is 2. The minimum atomic E-state index is -1.56. The molecule has 2 aliphatic rings. The van der Waals surface area contributed by atoms with Crippen molar-refractivity contribution in [2.45, 2.75) is 16.3 Å². The van der Waals surface area contributed by atoms with Crippen LogP contribution in [0.25, 0.3) is 0 Å². The fourth-order valence-corrected chi connectivity index (χ4v) is 5.92. The molecule has 0 unspecified atom stereocenters. The van der Waals surface area contributed by atoms with E-state index in [9.17, 15) is 13.8 Å². The Balaban J connectivity index is 1.60. The zero-order chi connectivity index (χ0) is 23.8. The third-order valence-electron chi connectivity index (χ3n) is 6.28. The number of halogens is 1. The summed E-state index contributed by atoms with van der Waals surface area (Å²) in [5, 5.41) is 0.572.